The lowest BCUT2D eigenvalue weighted by Gasteiger charge is -2.62. The largest absolute Gasteiger partial charge is 0.357 e. The zero-order valence-corrected chi connectivity index (χ0v) is 39.1. The van der Waals surface area contributed by atoms with E-state index in [1.807, 2.05) is 0 Å². The van der Waals surface area contributed by atoms with Crippen molar-refractivity contribution in [2.24, 2.45) is 43.3 Å². The van der Waals surface area contributed by atoms with E-state index in [1.54, 1.807) is 0 Å². The topological polar surface area (TPSA) is 18.5 Å². The molecule has 0 amide bonds. The zero-order valence-electron chi connectivity index (χ0n) is 39.1. The molecule has 2 nitrogen and oxygen atoms in total. The number of fused-ring (bicyclic) bond motifs is 14. The van der Waals surface area contributed by atoms with E-state index in [0.717, 1.165) is 0 Å². The van der Waals surface area contributed by atoms with Crippen LogP contribution >= 0.6 is 0 Å². The van der Waals surface area contributed by atoms with E-state index in [0.29, 0.717) is 0 Å². The second-order valence-corrected chi connectivity index (χ2v) is 24.9. The van der Waals surface area contributed by atoms with Crippen LogP contribution in [0.25, 0.3) is 0 Å². The molecule has 4 bridgehead atoms. The van der Waals surface area contributed by atoms with Crippen LogP contribution in [0.4, 0.5) is 0 Å². The van der Waals surface area contributed by atoms with E-state index in [4.69, 9.17) is 9.47 Å². The van der Waals surface area contributed by atoms with Crippen LogP contribution in [0.2, 0.25) is 0 Å². The summed E-state index contributed by atoms with van der Waals surface area (Å²) in [5, 5.41) is 0. The minimum atomic E-state index is -0.320. The Bertz CT molecular complexity index is 2590. The predicted molar refractivity (Wildman–Crippen MR) is 246 cm³/mol. The molecule has 0 spiro atoms. The molecule has 2 heteroatoms. The van der Waals surface area contributed by atoms with Crippen molar-refractivity contribution in [3.63, 3.8) is 0 Å². The first-order valence-electron chi connectivity index (χ1n) is 23.0. The highest BCUT2D eigenvalue weighted by Gasteiger charge is 2.71. The van der Waals surface area contributed by atoms with Crippen LogP contribution in [-0.4, -0.2) is 24.4 Å². The summed E-state index contributed by atoms with van der Waals surface area (Å²) in [4.78, 5) is 0. The monoisotopic (exact) mass is 792 g/mol. The predicted octanol–water partition coefficient (Wildman–Crippen LogP) is 13.9. The second kappa shape index (κ2) is 10.4. The van der Waals surface area contributed by atoms with Crippen LogP contribution in [0, 0.1) is 43.3 Å². The molecule has 0 N–H and O–H groups in total. The van der Waals surface area contributed by atoms with Gasteiger partial charge in [-0.15, -0.1) is 0 Å². The van der Waals surface area contributed by atoms with Crippen molar-refractivity contribution >= 4 is 0 Å². The SMILES string of the molecule is CC(C)(C)C1=CC2=C3C(=C4C=C(C(C)(C)C)C=C5C=CC(=C1)[C@]2(C)[C@@]54C)[C@H]1O[C@@H]3C2=C1C1=CC(C(C)(C)C)=CC3=C4C(=C5C=C(C(C)(C)C)C=C2[C@]5(C)[C@@]13C)[C@H]1C=C[C@@H]4O1. The van der Waals surface area contributed by atoms with Crippen LogP contribution in [0.1, 0.15) is 111 Å². The average molecular weight is 793 g/mol. The molecule has 12 aliphatic rings. The van der Waals surface area contributed by atoms with Crippen molar-refractivity contribution in [3.05, 3.63) is 173 Å². The molecule has 0 aromatic rings. The lowest BCUT2D eigenvalue weighted by Crippen LogP contribution is -2.54. The smallest absolute Gasteiger partial charge is 0.110 e. The van der Waals surface area contributed by atoms with E-state index in [1.165, 1.54) is 100 Å². The van der Waals surface area contributed by atoms with Crippen LogP contribution in [0.15, 0.2) is 173 Å². The Hall–Kier alpha value is -3.98. The summed E-state index contributed by atoms with van der Waals surface area (Å²) >= 11 is 0. The first-order valence-corrected chi connectivity index (χ1v) is 23.0. The highest BCUT2D eigenvalue weighted by atomic mass is 16.5. The average Bonchev–Trinajstić information content (AvgIpc) is 3.92. The molecular weight excluding hydrogens is 729 g/mol. The normalized spacial score (nSPS) is 38.8. The fourth-order valence-corrected chi connectivity index (χ4v) is 13.9. The third kappa shape index (κ3) is 3.95. The minimum absolute atomic E-state index is 0.00643. The number of rotatable bonds is 0. The Morgan fingerprint density at radius 3 is 1.02 bits per heavy atom. The zero-order chi connectivity index (χ0) is 42.6. The number of ether oxygens (including phenoxy) is 2. The van der Waals surface area contributed by atoms with Gasteiger partial charge < -0.3 is 9.47 Å². The maximum atomic E-state index is 7.86. The third-order valence-corrected chi connectivity index (χ3v) is 18.0. The molecule has 60 heavy (non-hydrogen) atoms. The summed E-state index contributed by atoms with van der Waals surface area (Å²) < 4.78 is 14.8. The first kappa shape index (κ1) is 37.8. The van der Waals surface area contributed by atoms with Crippen molar-refractivity contribution in [3.8, 4) is 0 Å². The second-order valence-electron chi connectivity index (χ2n) is 24.9. The lowest BCUT2D eigenvalue weighted by molar-refractivity contribution is 0.131. The summed E-state index contributed by atoms with van der Waals surface area (Å²) in [7, 11) is 0. The van der Waals surface area contributed by atoms with Crippen LogP contribution in [-0.2, 0) is 9.47 Å². The van der Waals surface area contributed by atoms with Crippen molar-refractivity contribution in [1.29, 1.82) is 0 Å². The summed E-state index contributed by atoms with van der Waals surface area (Å²) in [6.07, 6.45) is 30.0. The van der Waals surface area contributed by atoms with Gasteiger partial charge in [-0.3, -0.25) is 0 Å². The summed E-state index contributed by atoms with van der Waals surface area (Å²) in [6, 6.07) is 0. The molecule has 0 aromatic carbocycles. The van der Waals surface area contributed by atoms with Crippen molar-refractivity contribution in [2.75, 3.05) is 0 Å². The van der Waals surface area contributed by atoms with E-state index >= 15 is 0 Å². The molecule has 0 saturated carbocycles. The van der Waals surface area contributed by atoms with Gasteiger partial charge in [-0.25, -0.2) is 0 Å². The Morgan fingerprint density at radius 2 is 0.683 bits per heavy atom. The molecular formula is C58H64O2. The van der Waals surface area contributed by atoms with Gasteiger partial charge >= 0.3 is 0 Å². The Kier molecular flexibility index (Phi) is 6.57. The van der Waals surface area contributed by atoms with Crippen molar-refractivity contribution in [1.82, 2.24) is 0 Å². The van der Waals surface area contributed by atoms with E-state index < -0.39 is 0 Å². The van der Waals surface area contributed by atoms with Gasteiger partial charge in [-0.1, -0.05) is 184 Å². The molecule has 2 fully saturated rings. The maximum Gasteiger partial charge on any atom is 0.110 e. The molecule has 8 atom stereocenters. The van der Waals surface area contributed by atoms with Crippen molar-refractivity contribution in [2.45, 2.75) is 135 Å². The molecule has 2 saturated heterocycles. The minimum Gasteiger partial charge on any atom is -0.357 e. The van der Waals surface area contributed by atoms with Crippen LogP contribution < -0.4 is 0 Å². The summed E-state index contributed by atoms with van der Waals surface area (Å²) in [5.74, 6) is 0. The molecule has 0 unspecified atom stereocenters. The fourth-order valence-electron chi connectivity index (χ4n) is 13.9. The Labute approximate surface area is 359 Å². The van der Waals surface area contributed by atoms with E-state index in [2.05, 4.69) is 184 Å². The third-order valence-electron chi connectivity index (χ3n) is 18.0. The molecule has 4 heterocycles. The van der Waals surface area contributed by atoms with E-state index in [-0.39, 0.29) is 67.7 Å². The number of hydrogen-bond donors (Lipinski definition) is 0. The van der Waals surface area contributed by atoms with Gasteiger partial charge in [0.05, 0.1) is 0 Å². The Balaban J connectivity index is 1.25. The fraction of sp³-hybridized carbons (Fsp3) is 0.483. The van der Waals surface area contributed by atoms with Gasteiger partial charge in [-0.05, 0) is 122 Å². The van der Waals surface area contributed by atoms with E-state index in [9.17, 15) is 0 Å². The summed E-state index contributed by atoms with van der Waals surface area (Å²) in [5.41, 5.74) is 24.6. The number of allylic oxidation sites excluding steroid dienone is 20. The first-order chi connectivity index (χ1) is 27.8. The van der Waals surface area contributed by atoms with Crippen LogP contribution in [0.3, 0.4) is 0 Å². The highest BCUT2D eigenvalue weighted by Crippen LogP contribution is 2.78. The van der Waals surface area contributed by atoms with Crippen LogP contribution in [0.5, 0.6) is 0 Å². The quantitative estimate of drug-likeness (QED) is 0.228. The number of hydrogen-bond acceptors (Lipinski definition) is 2. The Morgan fingerprint density at radius 1 is 0.367 bits per heavy atom. The standard InChI is InChI=1S/C58H64O2/c1-51(2,3)31-21-29-17-18-30-22-32(52(4,5)6)24-38-46-45(37(23-31)55(29,13)56(30,38)14)49-47-39-27-33(53(7,8)9)25-35-43-41-19-20-42(59-41)44(43)36-26-34(54(10,11)12)28-40(48(47)50(46)60-49)58(36,16)57(35,39)15/h17-28,41-42,49-50H,1-16H3/t41-,42+,49+,50-,55-,56-,57+,58+/m0/s1. The van der Waals surface area contributed by atoms with Gasteiger partial charge in [0.15, 0.2) is 0 Å². The molecule has 0 aromatic heterocycles. The van der Waals surface area contributed by atoms with Gasteiger partial charge in [0.1, 0.15) is 24.4 Å². The molecule has 12 rings (SSSR count). The summed E-state index contributed by atoms with van der Waals surface area (Å²) in [6.45, 7) is 38.9. The maximum absolute atomic E-state index is 7.86. The van der Waals surface area contributed by atoms with Gasteiger partial charge in [-0.2, -0.15) is 0 Å². The molecule has 0 radical (unpaired) electrons. The molecule has 4 aliphatic heterocycles. The van der Waals surface area contributed by atoms with Gasteiger partial charge in [0.2, 0.25) is 0 Å². The molecule has 308 valence electrons. The highest BCUT2D eigenvalue weighted by molar-refractivity contribution is 5.86. The van der Waals surface area contributed by atoms with Gasteiger partial charge in [0.25, 0.3) is 0 Å². The van der Waals surface area contributed by atoms with Gasteiger partial charge in [0, 0.05) is 21.7 Å². The molecule has 8 aliphatic carbocycles. The lowest BCUT2D eigenvalue weighted by atomic mass is 9.39. The van der Waals surface area contributed by atoms with Crippen molar-refractivity contribution < 1.29 is 9.47 Å².